The van der Waals surface area contributed by atoms with E-state index in [0.717, 1.165) is 16.9 Å². The van der Waals surface area contributed by atoms with Crippen LogP contribution in [0.15, 0.2) is 42.5 Å². The number of aryl methyl sites for hydroxylation is 1. The van der Waals surface area contributed by atoms with Crippen molar-refractivity contribution in [2.75, 3.05) is 0 Å². The molecule has 2 amide bonds. The second-order valence-electron chi connectivity index (χ2n) is 7.12. The first kappa shape index (κ1) is 17.6. The van der Waals surface area contributed by atoms with E-state index in [1.165, 1.54) is 5.56 Å². The lowest BCUT2D eigenvalue weighted by molar-refractivity contribution is 0.0679. The predicted molar refractivity (Wildman–Crippen MR) is 100 cm³/mol. The lowest BCUT2D eigenvalue weighted by Gasteiger charge is -2.38. The Morgan fingerprint density at radius 3 is 2.84 bits per heavy atom. The minimum Gasteiger partial charge on any atom is -0.487 e. The fraction of sp³-hybridized carbons (Fsp3) is 0.350. The number of amides is 2. The summed E-state index contributed by atoms with van der Waals surface area (Å²) in [5.41, 5.74) is 2.81. The summed E-state index contributed by atoms with van der Waals surface area (Å²) >= 11 is 6.12. The number of fused-ring (bicyclic) bond motifs is 1. The van der Waals surface area contributed by atoms with E-state index in [0.29, 0.717) is 18.0 Å². The molecule has 1 aliphatic heterocycles. The highest BCUT2D eigenvalue weighted by atomic mass is 35.5. The Morgan fingerprint density at radius 1 is 1.28 bits per heavy atom. The van der Waals surface area contributed by atoms with E-state index in [1.54, 1.807) is 6.07 Å². The maximum atomic E-state index is 12.4. The zero-order valence-corrected chi connectivity index (χ0v) is 15.5. The molecule has 1 atom stereocenters. The van der Waals surface area contributed by atoms with E-state index >= 15 is 0 Å². The molecule has 0 saturated carbocycles. The minimum absolute atomic E-state index is 0.144. The number of benzene rings is 2. The van der Waals surface area contributed by atoms with Gasteiger partial charge in [-0.25, -0.2) is 4.79 Å². The Morgan fingerprint density at radius 2 is 2.08 bits per heavy atom. The molecule has 0 bridgehead atoms. The molecule has 0 aromatic heterocycles. The van der Waals surface area contributed by atoms with E-state index in [9.17, 15) is 4.79 Å². The average Bonchev–Trinajstić information content (AvgIpc) is 2.53. The van der Waals surface area contributed by atoms with Crippen LogP contribution in [0.3, 0.4) is 0 Å². The first-order valence-electron chi connectivity index (χ1n) is 8.41. The van der Waals surface area contributed by atoms with Crippen molar-refractivity contribution in [3.63, 3.8) is 0 Å². The second-order valence-corrected chi connectivity index (χ2v) is 7.55. The van der Waals surface area contributed by atoms with Crippen LogP contribution in [0.2, 0.25) is 5.02 Å². The highest BCUT2D eigenvalue weighted by Crippen LogP contribution is 2.40. The Hall–Kier alpha value is -2.20. The molecule has 1 unspecified atom stereocenters. The number of ether oxygens (including phenoxy) is 1. The topological polar surface area (TPSA) is 50.4 Å². The van der Waals surface area contributed by atoms with Crippen LogP contribution in [0.25, 0.3) is 0 Å². The van der Waals surface area contributed by atoms with Gasteiger partial charge in [0.25, 0.3) is 0 Å². The molecule has 5 heteroatoms. The predicted octanol–water partition coefficient (Wildman–Crippen LogP) is 4.75. The van der Waals surface area contributed by atoms with Gasteiger partial charge in [0, 0.05) is 23.6 Å². The number of nitrogens with one attached hydrogen (secondary N) is 2. The number of rotatable bonds is 3. The molecule has 0 saturated heterocycles. The lowest BCUT2D eigenvalue weighted by Crippen LogP contribution is -2.44. The molecule has 1 aliphatic rings. The molecule has 0 spiro atoms. The molecule has 2 N–H and O–H groups in total. The van der Waals surface area contributed by atoms with E-state index in [1.807, 2.05) is 51.1 Å². The van der Waals surface area contributed by atoms with Gasteiger partial charge in [-0.1, -0.05) is 41.4 Å². The summed E-state index contributed by atoms with van der Waals surface area (Å²) in [7, 11) is 0. The van der Waals surface area contributed by atoms with E-state index in [-0.39, 0.29) is 17.7 Å². The summed E-state index contributed by atoms with van der Waals surface area (Å²) in [6.45, 7) is 6.56. The molecule has 2 aromatic carbocycles. The molecule has 4 nitrogen and oxygen atoms in total. The summed E-state index contributed by atoms with van der Waals surface area (Å²) < 4.78 is 6.00. The SMILES string of the molecule is Cc1cccc(CNC(=O)NC2CC(C)(C)Oc3ccc(Cl)cc32)c1. The quantitative estimate of drug-likeness (QED) is 0.831. The highest BCUT2D eigenvalue weighted by Gasteiger charge is 2.34. The van der Waals surface area contributed by atoms with Crippen molar-refractivity contribution in [3.05, 3.63) is 64.2 Å². The third-order valence-corrected chi connectivity index (χ3v) is 4.51. The van der Waals surface area contributed by atoms with Crippen LogP contribution in [-0.2, 0) is 6.54 Å². The molecule has 1 heterocycles. The molecular weight excluding hydrogens is 336 g/mol. The van der Waals surface area contributed by atoms with Gasteiger partial charge in [-0.3, -0.25) is 0 Å². The van der Waals surface area contributed by atoms with Crippen LogP contribution in [0, 0.1) is 6.92 Å². The van der Waals surface area contributed by atoms with Crippen molar-refractivity contribution in [2.45, 2.75) is 45.4 Å². The van der Waals surface area contributed by atoms with Gasteiger partial charge in [0.15, 0.2) is 0 Å². The van der Waals surface area contributed by atoms with E-state index in [4.69, 9.17) is 16.3 Å². The first-order chi connectivity index (χ1) is 11.8. The number of carbonyl (C=O) groups is 1. The van der Waals surface area contributed by atoms with Gasteiger partial charge in [0.2, 0.25) is 0 Å². The number of carbonyl (C=O) groups excluding carboxylic acids is 1. The number of hydrogen-bond donors (Lipinski definition) is 2. The van der Waals surface area contributed by atoms with Gasteiger partial charge in [-0.05, 0) is 44.5 Å². The number of hydrogen-bond acceptors (Lipinski definition) is 2. The maximum absolute atomic E-state index is 12.4. The van der Waals surface area contributed by atoms with Crippen molar-refractivity contribution in [2.24, 2.45) is 0 Å². The normalized spacial score (nSPS) is 18.0. The molecule has 2 aromatic rings. The summed E-state index contributed by atoms with van der Waals surface area (Å²) in [6.07, 6.45) is 0.679. The van der Waals surface area contributed by atoms with Crippen LogP contribution in [-0.4, -0.2) is 11.6 Å². The molecule has 0 radical (unpaired) electrons. The Kier molecular flexibility index (Phi) is 4.91. The average molecular weight is 359 g/mol. The van der Waals surface area contributed by atoms with Crippen molar-refractivity contribution in [3.8, 4) is 5.75 Å². The highest BCUT2D eigenvalue weighted by molar-refractivity contribution is 6.30. The molecule has 0 fully saturated rings. The van der Waals surface area contributed by atoms with Crippen molar-refractivity contribution in [1.29, 1.82) is 0 Å². The van der Waals surface area contributed by atoms with Gasteiger partial charge in [0.1, 0.15) is 11.4 Å². The van der Waals surface area contributed by atoms with Crippen LogP contribution < -0.4 is 15.4 Å². The van der Waals surface area contributed by atoms with Gasteiger partial charge in [-0.15, -0.1) is 0 Å². The molecule has 0 aliphatic carbocycles. The fourth-order valence-corrected chi connectivity index (χ4v) is 3.35. The second kappa shape index (κ2) is 6.96. The molecule has 132 valence electrons. The maximum Gasteiger partial charge on any atom is 0.315 e. The van der Waals surface area contributed by atoms with E-state index in [2.05, 4.69) is 16.7 Å². The van der Waals surface area contributed by atoms with Gasteiger partial charge >= 0.3 is 6.03 Å². The Balaban J connectivity index is 1.69. The molecular formula is C20H23ClN2O2. The van der Waals surface area contributed by atoms with Gasteiger partial charge < -0.3 is 15.4 Å². The summed E-state index contributed by atoms with van der Waals surface area (Å²) in [5, 5.41) is 6.61. The van der Waals surface area contributed by atoms with Crippen LogP contribution in [0.5, 0.6) is 5.75 Å². The number of urea groups is 1. The lowest BCUT2D eigenvalue weighted by atomic mass is 9.90. The molecule has 25 heavy (non-hydrogen) atoms. The standard InChI is InChI=1S/C20H23ClN2O2/c1-13-5-4-6-14(9-13)12-22-19(24)23-17-11-20(2,3)25-18-8-7-15(21)10-16(17)18/h4-10,17H,11-12H2,1-3H3,(H2,22,23,24). The van der Waals surface area contributed by atoms with Crippen molar-refractivity contribution in [1.82, 2.24) is 10.6 Å². The summed E-state index contributed by atoms with van der Waals surface area (Å²) in [4.78, 5) is 12.4. The van der Waals surface area contributed by atoms with Gasteiger partial charge in [0.05, 0.1) is 6.04 Å². The summed E-state index contributed by atoms with van der Waals surface area (Å²) in [5.74, 6) is 0.768. The minimum atomic E-state index is -0.352. The van der Waals surface area contributed by atoms with Crippen LogP contribution in [0.4, 0.5) is 4.79 Å². The third-order valence-electron chi connectivity index (χ3n) is 4.27. The third kappa shape index (κ3) is 4.45. The largest absolute Gasteiger partial charge is 0.487 e. The Bertz CT molecular complexity index is 789. The van der Waals surface area contributed by atoms with Crippen molar-refractivity contribution < 1.29 is 9.53 Å². The summed E-state index contributed by atoms with van der Waals surface area (Å²) in [6, 6.07) is 13.3. The van der Waals surface area contributed by atoms with Crippen LogP contribution in [0.1, 0.15) is 43.0 Å². The number of halogens is 1. The Labute approximate surface area is 153 Å². The molecule has 3 rings (SSSR count). The van der Waals surface area contributed by atoms with E-state index < -0.39 is 0 Å². The zero-order chi connectivity index (χ0) is 18.0. The van der Waals surface area contributed by atoms with Crippen molar-refractivity contribution >= 4 is 17.6 Å². The smallest absolute Gasteiger partial charge is 0.315 e. The monoisotopic (exact) mass is 358 g/mol. The van der Waals surface area contributed by atoms with Crippen LogP contribution >= 0.6 is 11.6 Å². The van der Waals surface area contributed by atoms with Gasteiger partial charge in [-0.2, -0.15) is 0 Å². The fourth-order valence-electron chi connectivity index (χ4n) is 3.17. The zero-order valence-electron chi connectivity index (χ0n) is 14.7. The first-order valence-corrected chi connectivity index (χ1v) is 8.78.